The highest BCUT2D eigenvalue weighted by Crippen LogP contribution is 2.25. The van der Waals surface area contributed by atoms with Crippen molar-refractivity contribution < 1.29 is 54.4 Å². The van der Waals surface area contributed by atoms with Crippen molar-refractivity contribution in [1.29, 1.82) is 0 Å². The van der Waals surface area contributed by atoms with Gasteiger partial charge in [-0.15, -0.1) is 0 Å². The Labute approximate surface area is 107 Å². The molecule has 12 heteroatoms. The smallest absolute Gasteiger partial charge is 0.466 e. The minimum atomic E-state index is -4.64. The fourth-order valence-corrected chi connectivity index (χ4v) is 0.272. The topological polar surface area (TPSA) is 213 Å². The minimum absolute atomic E-state index is 0.296. The number of aliphatic hydroxyl groups is 3. The molecule has 0 spiro atoms. The molecule has 116 valence electrons. The zero-order chi connectivity index (χ0) is 16.1. The molecule has 0 unspecified atom stereocenters. The molecule has 0 aromatic heterocycles. The standard InChI is InChI=1S/C4H6O4.C3H8O3.H3O4P/c5-3(6)1-2-4(7)8;4-1-3(6)2-5;1-5(2,3)4/h1-2H2,(H,5,6)(H,7,8);3-6H,1-2H2;(H3,1,2,3,4). The van der Waals surface area contributed by atoms with Crippen LogP contribution in [0.5, 0.6) is 0 Å². The summed E-state index contributed by atoms with van der Waals surface area (Å²) in [5.74, 6) is -2.15. The van der Waals surface area contributed by atoms with Crippen molar-refractivity contribution in [3.8, 4) is 0 Å². The lowest BCUT2D eigenvalue weighted by molar-refractivity contribution is -0.143. The number of carboxylic acid groups (broad SMARTS) is 2. The maximum atomic E-state index is 9.64. The molecule has 0 aromatic rings. The number of hydrogen-bond donors (Lipinski definition) is 8. The first-order valence-corrected chi connectivity index (χ1v) is 6.12. The van der Waals surface area contributed by atoms with E-state index in [0.29, 0.717) is 0 Å². The normalized spacial score (nSPS) is 9.84. The van der Waals surface area contributed by atoms with Crippen LogP contribution in [0.2, 0.25) is 0 Å². The largest absolute Gasteiger partial charge is 0.481 e. The average Bonchev–Trinajstić information content (AvgIpc) is 2.23. The van der Waals surface area contributed by atoms with Crippen LogP contribution >= 0.6 is 7.82 Å². The summed E-state index contributed by atoms with van der Waals surface area (Å²) in [5, 5.41) is 39.8. The van der Waals surface area contributed by atoms with E-state index in [9.17, 15) is 9.59 Å². The van der Waals surface area contributed by atoms with Crippen LogP contribution in [0, 0.1) is 0 Å². The molecule has 0 aliphatic rings. The van der Waals surface area contributed by atoms with Crippen LogP contribution in [0.4, 0.5) is 0 Å². The molecule has 0 aliphatic carbocycles. The van der Waals surface area contributed by atoms with E-state index in [-0.39, 0.29) is 26.1 Å². The molecule has 0 amide bonds. The van der Waals surface area contributed by atoms with Gasteiger partial charge in [-0.05, 0) is 0 Å². The Morgan fingerprint density at radius 3 is 1.16 bits per heavy atom. The summed E-state index contributed by atoms with van der Waals surface area (Å²) < 4.78 is 8.88. The molecular weight excluding hydrogens is 291 g/mol. The van der Waals surface area contributed by atoms with E-state index in [4.69, 9.17) is 44.8 Å². The highest BCUT2D eigenvalue weighted by molar-refractivity contribution is 7.45. The Hall–Kier alpha value is -1.07. The summed E-state index contributed by atoms with van der Waals surface area (Å²) in [4.78, 5) is 40.8. The zero-order valence-corrected chi connectivity index (χ0v) is 10.5. The van der Waals surface area contributed by atoms with Gasteiger partial charge in [-0.25, -0.2) is 4.57 Å². The maximum absolute atomic E-state index is 9.64. The summed E-state index contributed by atoms with van der Waals surface area (Å²) in [7, 11) is -4.64. The van der Waals surface area contributed by atoms with E-state index in [1.54, 1.807) is 0 Å². The molecule has 11 nitrogen and oxygen atoms in total. The van der Waals surface area contributed by atoms with E-state index in [2.05, 4.69) is 0 Å². The predicted molar refractivity (Wildman–Crippen MR) is 58.9 cm³/mol. The van der Waals surface area contributed by atoms with Crippen LogP contribution in [0.15, 0.2) is 0 Å². The highest BCUT2D eigenvalue weighted by atomic mass is 31.2. The van der Waals surface area contributed by atoms with Crippen LogP contribution in [0.3, 0.4) is 0 Å². The SMILES string of the molecule is O=C(O)CCC(=O)O.O=P(O)(O)O.OCC(O)CO. The first-order chi connectivity index (χ1) is 8.43. The lowest BCUT2D eigenvalue weighted by Gasteiger charge is -1.96. The van der Waals surface area contributed by atoms with Crippen LogP contribution in [0.25, 0.3) is 0 Å². The van der Waals surface area contributed by atoms with E-state index in [0.717, 1.165) is 0 Å². The van der Waals surface area contributed by atoms with E-state index in [1.165, 1.54) is 0 Å². The average molecular weight is 308 g/mol. The molecule has 0 aromatic carbocycles. The molecule has 0 heterocycles. The molecule has 0 radical (unpaired) electrons. The van der Waals surface area contributed by atoms with Crippen molar-refractivity contribution >= 4 is 19.8 Å². The molecule has 8 N–H and O–H groups in total. The van der Waals surface area contributed by atoms with Crippen molar-refractivity contribution in [3.05, 3.63) is 0 Å². The van der Waals surface area contributed by atoms with Crippen molar-refractivity contribution in [3.63, 3.8) is 0 Å². The fraction of sp³-hybridized carbons (Fsp3) is 0.714. The van der Waals surface area contributed by atoms with Gasteiger partial charge in [-0.1, -0.05) is 0 Å². The minimum Gasteiger partial charge on any atom is -0.481 e. The van der Waals surface area contributed by atoms with Crippen molar-refractivity contribution in [2.75, 3.05) is 13.2 Å². The first kappa shape index (κ1) is 23.1. The molecule has 0 atom stereocenters. The van der Waals surface area contributed by atoms with Gasteiger partial charge in [0.25, 0.3) is 0 Å². The molecule has 19 heavy (non-hydrogen) atoms. The Kier molecular flexibility index (Phi) is 16.2. The van der Waals surface area contributed by atoms with Gasteiger partial charge in [0.15, 0.2) is 0 Å². The first-order valence-electron chi connectivity index (χ1n) is 4.55. The predicted octanol–water partition coefficient (Wildman–Crippen LogP) is -2.66. The molecule has 0 fully saturated rings. The van der Waals surface area contributed by atoms with Gasteiger partial charge in [-0.2, -0.15) is 0 Å². The summed E-state index contributed by atoms with van der Waals surface area (Å²) in [6.07, 6.45) is -1.55. The van der Waals surface area contributed by atoms with Crippen molar-refractivity contribution in [1.82, 2.24) is 0 Å². The van der Waals surface area contributed by atoms with Crippen molar-refractivity contribution in [2.24, 2.45) is 0 Å². The second-order valence-electron chi connectivity index (χ2n) is 2.82. The molecule has 0 bridgehead atoms. The van der Waals surface area contributed by atoms with E-state index < -0.39 is 25.9 Å². The van der Waals surface area contributed by atoms with Gasteiger partial charge in [0.05, 0.1) is 26.1 Å². The lowest BCUT2D eigenvalue weighted by atomic mass is 10.3. The summed E-state index contributed by atoms with van der Waals surface area (Å²) in [6, 6.07) is 0. The zero-order valence-electron chi connectivity index (χ0n) is 9.66. The van der Waals surface area contributed by atoms with Gasteiger partial charge in [-0.3, -0.25) is 9.59 Å². The van der Waals surface area contributed by atoms with Crippen LogP contribution in [-0.2, 0) is 14.2 Å². The quantitative estimate of drug-likeness (QED) is 0.245. The third-order valence-electron chi connectivity index (χ3n) is 0.974. The fourth-order valence-electron chi connectivity index (χ4n) is 0.272. The summed E-state index contributed by atoms with van der Waals surface area (Å²) >= 11 is 0. The molecule has 0 saturated heterocycles. The number of hydrogen-bond acceptors (Lipinski definition) is 6. The molecule has 0 saturated carbocycles. The third kappa shape index (κ3) is 60.0. The number of aliphatic carboxylic acids is 2. The third-order valence-corrected chi connectivity index (χ3v) is 0.974. The van der Waals surface area contributed by atoms with Crippen LogP contribution < -0.4 is 0 Å². The highest BCUT2D eigenvalue weighted by Gasteiger charge is 2.00. The Morgan fingerprint density at radius 2 is 1.11 bits per heavy atom. The van der Waals surface area contributed by atoms with Gasteiger partial charge < -0.3 is 40.2 Å². The Balaban J connectivity index is -0.000000209. The van der Waals surface area contributed by atoms with Crippen LogP contribution in [-0.4, -0.2) is 71.5 Å². The van der Waals surface area contributed by atoms with Gasteiger partial charge in [0.2, 0.25) is 0 Å². The lowest BCUT2D eigenvalue weighted by Crippen LogP contribution is -2.15. The Morgan fingerprint density at radius 1 is 0.895 bits per heavy atom. The van der Waals surface area contributed by atoms with E-state index in [1.807, 2.05) is 0 Å². The molecule has 0 aliphatic heterocycles. The Bertz CT molecular complexity index is 259. The summed E-state index contributed by atoms with van der Waals surface area (Å²) in [6.45, 7) is -0.729. The number of carboxylic acids is 2. The van der Waals surface area contributed by atoms with Gasteiger partial charge >= 0.3 is 19.8 Å². The number of aliphatic hydroxyl groups excluding tert-OH is 3. The molecule has 0 rings (SSSR count). The monoisotopic (exact) mass is 308 g/mol. The van der Waals surface area contributed by atoms with Crippen molar-refractivity contribution in [2.45, 2.75) is 18.9 Å². The summed E-state index contributed by atoms with van der Waals surface area (Å²) in [5.41, 5.74) is 0. The number of phosphoric acid groups is 1. The molecular formula is C7H17O11P. The number of carbonyl (C=O) groups is 2. The van der Waals surface area contributed by atoms with E-state index >= 15 is 0 Å². The number of rotatable bonds is 5. The van der Waals surface area contributed by atoms with Gasteiger partial charge in [0, 0.05) is 0 Å². The van der Waals surface area contributed by atoms with Gasteiger partial charge in [0.1, 0.15) is 6.10 Å². The maximum Gasteiger partial charge on any atom is 0.466 e. The van der Waals surface area contributed by atoms with Crippen LogP contribution in [0.1, 0.15) is 12.8 Å². The second-order valence-corrected chi connectivity index (χ2v) is 3.85. The second kappa shape index (κ2) is 13.4.